The zero-order valence-electron chi connectivity index (χ0n) is 11.1. The first-order valence-electron chi connectivity index (χ1n) is 6.12. The van der Waals surface area contributed by atoms with Crippen LogP contribution in [0, 0.1) is 5.41 Å². The van der Waals surface area contributed by atoms with Crippen molar-refractivity contribution in [2.75, 3.05) is 13.2 Å². The maximum atomic E-state index is 12.1. The zero-order chi connectivity index (χ0) is 13.3. The van der Waals surface area contributed by atoms with Crippen molar-refractivity contribution in [2.24, 2.45) is 11.1 Å². The first-order chi connectivity index (χ1) is 7.79. The predicted molar refractivity (Wildman–Crippen MR) is 65.4 cm³/mol. The largest absolute Gasteiger partial charge is 0.394 e. The van der Waals surface area contributed by atoms with E-state index < -0.39 is 5.54 Å². The highest BCUT2D eigenvalue weighted by atomic mass is 16.5. The number of hydrogen-bond donors (Lipinski definition) is 3. The summed E-state index contributed by atoms with van der Waals surface area (Å²) in [6, 6.07) is -0.273. The third-order valence-corrected chi connectivity index (χ3v) is 3.89. The van der Waals surface area contributed by atoms with Crippen molar-refractivity contribution in [3.8, 4) is 0 Å². The van der Waals surface area contributed by atoms with Gasteiger partial charge in [-0.15, -0.1) is 0 Å². The molecule has 1 amide bonds. The fourth-order valence-corrected chi connectivity index (χ4v) is 2.22. The van der Waals surface area contributed by atoms with E-state index in [0.717, 1.165) is 0 Å². The molecule has 4 N–H and O–H groups in total. The highest BCUT2D eigenvalue weighted by Gasteiger charge is 2.62. The third-order valence-electron chi connectivity index (χ3n) is 3.89. The Morgan fingerprint density at radius 2 is 2.24 bits per heavy atom. The molecule has 5 heteroatoms. The van der Waals surface area contributed by atoms with Crippen LogP contribution in [0.5, 0.6) is 0 Å². The summed E-state index contributed by atoms with van der Waals surface area (Å²) in [5.41, 5.74) is 4.88. The SMILES string of the molecule is CCOC1CC(N)(C(=O)NC(C)CO)C1(C)C. The Morgan fingerprint density at radius 1 is 1.65 bits per heavy atom. The Kier molecular flexibility index (Phi) is 4.17. The molecule has 1 aliphatic carbocycles. The number of rotatable bonds is 5. The van der Waals surface area contributed by atoms with Gasteiger partial charge in [-0.1, -0.05) is 13.8 Å². The predicted octanol–water partition coefficient (Wildman–Crippen LogP) is 0.0159. The summed E-state index contributed by atoms with van der Waals surface area (Å²) >= 11 is 0. The van der Waals surface area contributed by atoms with Crippen LogP contribution in [0.15, 0.2) is 0 Å². The topological polar surface area (TPSA) is 84.6 Å². The van der Waals surface area contributed by atoms with E-state index in [1.54, 1.807) is 6.92 Å². The summed E-state index contributed by atoms with van der Waals surface area (Å²) in [6.07, 6.45) is 0.547. The zero-order valence-corrected chi connectivity index (χ0v) is 11.1. The summed E-state index contributed by atoms with van der Waals surface area (Å²) in [7, 11) is 0. The van der Waals surface area contributed by atoms with E-state index in [1.165, 1.54) is 0 Å². The summed E-state index contributed by atoms with van der Waals surface area (Å²) in [6.45, 7) is 8.10. The molecule has 3 atom stereocenters. The number of aliphatic hydroxyl groups is 1. The van der Waals surface area contributed by atoms with Crippen LogP contribution in [0.25, 0.3) is 0 Å². The van der Waals surface area contributed by atoms with Crippen LogP contribution >= 0.6 is 0 Å². The van der Waals surface area contributed by atoms with E-state index in [9.17, 15) is 4.79 Å². The highest BCUT2D eigenvalue weighted by molar-refractivity contribution is 5.89. The maximum absolute atomic E-state index is 12.1. The maximum Gasteiger partial charge on any atom is 0.241 e. The number of nitrogens with one attached hydrogen (secondary N) is 1. The van der Waals surface area contributed by atoms with Crippen LogP contribution in [-0.2, 0) is 9.53 Å². The molecule has 0 spiro atoms. The number of amides is 1. The van der Waals surface area contributed by atoms with Gasteiger partial charge in [-0.3, -0.25) is 4.79 Å². The van der Waals surface area contributed by atoms with Crippen LogP contribution < -0.4 is 11.1 Å². The quantitative estimate of drug-likeness (QED) is 0.636. The van der Waals surface area contributed by atoms with Gasteiger partial charge < -0.3 is 20.9 Å². The summed E-state index contributed by atoms with van der Waals surface area (Å²) < 4.78 is 5.56. The van der Waals surface area contributed by atoms with Gasteiger partial charge in [0.05, 0.1) is 12.7 Å². The van der Waals surface area contributed by atoms with E-state index in [4.69, 9.17) is 15.6 Å². The third kappa shape index (κ3) is 2.32. The molecule has 0 aromatic carbocycles. The molecule has 5 nitrogen and oxygen atoms in total. The highest BCUT2D eigenvalue weighted by Crippen LogP contribution is 2.49. The molecule has 1 aliphatic rings. The van der Waals surface area contributed by atoms with Crippen molar-refractivity contribution in [1.29, 1.82) is 0 Å². The average Bonchev–Trinajstić information content (AvgIpc) is 2.28. The Labute approximate surface area is 103 Å². The van der Waals surface area contributed by atoms with Gasteiger partial charge >= 0.3 is 0 Å². The molecule has 1 rings (SSSR count). The molecule has 3 unspecified atom stereocenters. The van der Waals surface area contributed by atoms with Crippen LogP contribution in [0.3, 0.4) is 0 Å². The molecule has 0 aliphatic heterocycles. The van der Waals surface area contributed by atoms with Gasteiger partial charge in [0, 0.05) is 24.5 Å². The normalized spacial score (nSPS) is 32.7. The van der Waals surface area contributed by atoms with E-state index in [0.29, 0.717) is 13.0 Å². The average molecular weight is 244 g/mol. The molecule has 0 saturated heterocycles. The number of carbonyl (C=O) groups is 1. The molecule has 1 fully saturated rings. The fourth-order valence-electron chi connectivity index (χ4n) is 2.22. The molecule has 0 radical (unpaired) electrons. The monoisotopic (exact) mass is 244 g/mol. The van der Waals surface area contributed by atoms with Crippen molar-refractivity contribution < 1.29 is 14.6 Å². The number of aliphatic hydroxyl groups excluding tert-OH is 1. The number of ether oxygens (including phenoxy) is 1. The second-order valence-electron chi connectivity index (χ2n) is 5.40. The lowest BCUT2D eigenvalue weighted by atomic mass is 9.54. The van der Waals surface area contributed by atoms with Gasteiger partial charge in [0.2, 0.25) is 5.91 Å². The smallest absolute Gasteiger partial charge is 0.241 e. The molecule has 0 heterocycles. The first kappa shape index (κ1) is 14.4. The fraction of sp³-hybridized carbons (Fsp3) is 0.917. The van der Waals surface area contributed by atoms with Crippen molar-refractivity contribution >= 4 is 5.91 Å². The Morgan fingerprint density at radius 3 is 2.65 bits per heavy atom. The van der Waals surface area contributed by atoms with Crippen molar-refractivity contribution in [3.63, 3.8) is 0 Å². The van der Waals surface area contributed by atoms with Gasteiger partial charge in [-0.2, -0.15) is 0 Å². The summed E-state index contributed by atoms with van der Waals surface area (Å²) in [4.78, 5) is 12.1. The number of carbonyl (C=O) groups excluding carboxylic acids is 1. The molecular formula is C12H24N2O3. The minimum atomic E-state index is -0.906. The minimum Gasteiger partial charge on any atom is -0.394 e. The van der Waals surface area contributed by atoms with Crippen LogP contribution in [0.2, 0.25) is 0 Å². The second-order valence-corrected chi connectivity index (χ2v) is 5.40. The van der Waals surface area contributed by atoms with E-state index in [1.807, 2.05) is 20.8 Å². The molecule has 17 heavy (non-hydrogen) atoms. The van der Waals surface area contributed by atoms with Gasteiger partial charge in [0.25, 0.3) is 0 Å². The Balaban J connectivity index is 2.68. The Bertz CT molecular complexity index is 293. The number of hydrogen-bond acceptors (Lipinski definition) is 4. The molecule has 0 aromatic rings. The standard InChI is InChI=1S/C12H24N2O3/c1-5-17-9-6-12(13,11(9,3)4)10(16)14-8(2)7-15/h8-9,15H,5-7,13H2,1-4H3,(H,14,16). The lowest BCUT2D eigenvalue weighted by Crippen LogP contribution is -2.76. The first-order valence-corrected chi connectivity index (χ1v) is 6.12. The van der Waals surface area contributed by atoms with E-state index >= 15 is 0 Å². The Hall–Kier alpha value is -0.650. The van der Waals surface area contributed by atoms with E-state index in [2.05, 4.69) is 5.32 Å². The molecule has 0 aromatic heterocycles. The molecule has 100 valence electrons. The lowest BCUT2D eigenvalue weighted by Gasteiger charge is -2.57. The van der Waals surface area contributed by atoms with Crippen LogP contribution in [0.1, 0.15) is 34.1 Å². The van der Waals surface area contributed by atoms with Gasteiger partial charge in [0.15, 0.2) is 0 Å². The van der Waals surface area contributed by atoms with Crippen molar-refractivity contribution in [1.82, 2.24) is 5.32 Å². The number of nitrogens with two attached hydrogens (primary N) is 1. The molecule has 0 bridgehead atoms. The van der Waals surface area contributed by atoms with Crippen molar-refractivity contribution in [3.05, 3.63) is 0 Å². The lowest BCUT2D eigenvalue weighted by molar-refractivity contribution is -0.171. The van der Waals surface area contributed by atoms with E-state index in [-0.39, 0.29) is 30.1 Å². The molecule has 1 saturated carbocycles. The van der Waals surface area contributed by atoms with Crippen LogP contribution in [0.4, 0.5) is 0 Å². The minimum absolute atomic E-state index is 0.0210. The van der Waals surface area contributed by atoms with Gasteiger partial charge in [0.1, 0.15) is 5.54 Å². The second kappa shape index (κ2) is 4.92. The summed E-state index contributed by atoms with van der Waals surface area (Å²) in [5.74, 6) is -0.208. The van der Waals surface area contributed by atoms with Gasteiger partial charge in [-0.25, -0.2) is 0 Å². The van der Waals surface area contributed by atoms with Crippen LogP contribution in [-0.4, -0.2) is 41.9 Å². The molecular weight excluding hydrogens is 220 g/mol. The van der Waals surface area contributed by atoms with Gasteiger partial charge in [-0.05, 0) is 13.8 Å². The summed E-state index contributed by atoms with van der Waals surface area (Å²) in [5, 5.41) is 11.6. The van der Waals surface area contributed by atoms with Crippen molar-refractivity contribution in [2.45, 2.75) is 51.8 Å².